The largest absolute Gasteiger partial charge is 0.506 e. The van der Waals surface area contributed by atoms with Gasteiger partial charge in [0.1, 0.15) is 11.5 Å². The summed E-state index contributed by atoms with van der Waals surface area (Å²) in [7, 11) is 0. The molecule has 0 saturated heterocycles. The molecule has 0 amide bonds. The topological polar surface area (TPSA) is 62.5 Å². The molecular formula is C16H17NO3. The van der Waals surface area contributed by atoms with Gasteiger partial charge in [0.15, 0.2) is 5.76 Å². The van der Waals surface area contributed by atoms with Gasteiger partial charge in [0, 0.05) is 11.8 Å². The van der Waals surface area contributed by atoms with E-state index in [9.17, 15) is 9.90 Å². The van der Waals surface area contributed by atoms with Gasteiger partial charge in [-0.05, 0) is 50.6 Å². The summed E-state index contributed by atoms with van der Waals surface area (Å²) in [4.78, 5) is 11.9. The molecule has 104 valence electrons. The van der Waals surface area contributed by atoms with Gasteiger partial charge < -0.3 is 14.8 Å². The minimum atomic E-state index is -0.213. The summed E-state index contributed by atoms with van der Waals surface area (Å²) in [6.45, 7) is 5.44. The summed E-state index contributed by atoms with van der Waals surface area (Å²) < 4.78 is 5.26. The Kier molecular flexibility index (Phi) is 3.94. The summed E-state index contributed by atoms with van der Waals surface area (Å²) in [6.07, 6.45) is 1.44. The number of aryl methyl sites for hydroxylation is 2. The Hall–Kier alpha value is -2.49. The molecule has 0 atom stereocenters. The number of carbonyl (C=O) groups is 1. The summed E-state index contributed by atoms with van der Waals surface area (Å²) in [5.41, 5.74) is 2.16. The lowest BCUT2D eigenvalue weighted by Gasteiger charge is -2.08. The van der Waals surface area contributed by atoms with E-state index in [-0.39, 0.29) is 11.5 Å². The van der Waals surface area contributed by atoms with Crippen LogP contribution in [0.5, 0.6) is 5.75 Å². The highest BCUT2D eigenvalue weighted by Crippen LogP contribution is 2.25. The fraction of sp³-hybridized carbons (Fsp3) is 0.188. The third kappa shape index (κ3) is 3.29. The molecule has 0 saturated carbocycles. The van der Waals surface area contributed by atoms with Crippen molar-refractivity contribution >= 4 is 11.5 Å². The highest BCUT2D eigenvalue weighted by molar-refractivity contribution is 6.03. The molecule has 20 heavy (non-hydrogen) atoms. The quantitative estimate of drug-likeness (QED) is 0.504. The zero-order chi connectivity index (χ0) is 14.7. The molecule has 0 unspecified atom stereocenters. The van der Waals surface area contributed by atoms with Gasteiger partial charge in [0.2, 0.25) is 5.78 Å². The number of nitrogens with one attached hydrogen (secondary N) is 1. The van der Waals surface area contributed by atoms with Crippen LogP contribution in [-0.4, -0.2) is 10.9 Å². The number of benzene rings is 1. The first-order valence-corrected chi connectivity index (χ1v) is 6.31. The second kappa shape index (κ2) is 5.65. The van der Waals surface area contributed by atoms with Crippen molar-refractivity contribution in [1.82, 2.24) is 0 Å². The second-order valence-electron chi connectivity index (χ2n) is 4.75. The fourth-order valence-electron chi connectivity index (χ4n) is 1.83. The third-order valence-electron chi connectivity index (χ3n) is 2.82. The van der Waals surface area contributed by atoms with Crippen LogP contribution >= 0.6 is 0 Å². The van der Waals surface area contributed by atoms with Crippen LogP contribution in [0.3, 0.4) is 0 Å². The van der Waals surface area contributed by atoms with Crippen LogP contribution in [0.4, 0.5) is 5.69 Å². The molecule has 0 radical (unpaired) electrons. The number of allylic oxidation sites excluding steroid dienone is 2. The molecular weight excluding hydrogens is 254 g/mol. The van der Waals surface area contributed by atoms with Gasteiger partial charge in [-0.2, -0.15) is 0 Å². The summed E-state index contributed by atoms with van der Waals surface area (Å²) >= 11 is 0. The van der Waals surface area contributed by atoms with Gasteiger partial charge in [0.25, 0.3) is 0 Å². The Bertz CT molecular complexity index is 668. The van der Waals surface area contributed by atoms with Crippen LogP contribution < -0.4 is 5.32 Å². The van der Waals surface area contributed by atoms with Gasteiger partial charge in [-0.15, -0.1) is 0 Å². The normalized spacial score (nSPS) is 11.4. The number of hydrogen-bond donors (Lipinski definition) is 2. The van der Waals surface area contributed by atoms with Crippen LogP contribution in [-0.2, 0) is 0 Å². The van der Waals surface area contributed by atoms with Gasteiger partial charge >= 0.3 is 0 Å². The van der Waals surface area contributed by atoms with Crippen LogP contribution in [0.1, 0.15) is 28.8 Å². The van der Waals surface area contributed by atoms with E-state index in [4.69, 9.17) is 4.42 Å². The predicted molar refractivity (Wildman–Crippen MR) is 78.0 cm³/mol. The molecule has 2 N–H and O–H groups in total. The predicted octanol–water partition coefficient (Wildman–Crippen LogP) is 3.80. The maximum Gasteiger partial charge on any atom is 0.222 e. The lowest BCUT2D eigenvalue weighted by molar-refractivity contribution is 0.102. The molecule has 4 heteroatoms. The number of hydrogen-bond acceptors (Lipinski definition) is 4. The van der Waals surface area contributed by atoms with Crippen LogP contribution in [0.25, 0.3) is 0 Å². The summed E-state index contributed by atoms with van der Waals surface area (Å²) in [5.74, 6) is 0.939. The number of furan rings is 1. The van der Waals surface area contributed by atoms with Gasteiger partial charge in [-0.25, -0.2) is 0 Å². The minimum absolute atomic E-state index is 0.152. The fourth-order valence-corrected chi connectivity index (χ4v) is 1.83. The van der Waals surface area contributed by atoms with Crippen molar-refractivity contribution in [2.45, 2.75) is 20.8 Å². The molecule has 1 heterocycles. The van der Waals surface area contributed by atoms with E-state index >= 15 is 0 Å². The van der Waals surface area contributed by atoms with Crippen molar-refractivity contribution in [3.05, 3.63) is 59.2 Å². The number of anilines is 1. The second-order valence-corrected chi connectivity index (χ2v) is 4.75. The number of phenols is 1. The lowest BCUT2D eigenvalue weighted by Crippen LogP contribution is -2.01. The molecule has 1 aromatic carbocycles. The first kappa shape index (κ1) is 13.9. The number of aromatic hydroxyl groups is 1. The van der Waals surface area contributed by atoms with E-state index in [2.05, 4.69) is 5.32 Å². The number of carbonyl (C=O) groups excluding carboxylic acids is 1. The van der Waals surface area contributed by atoms with Crippen LogP contribution in [0, 0.1) is 13.8 Å². The van der Waals surface area contributed by atoms with Crippen molar-refractivity contribution in [3.8, 4) is 5.75 Å². The number of rotatable bonds is 4. The third-order valence-corrected chi connectivity index (χ3v) is 2.82. The van der Waals surface area contributed by atoms with E-state index in [1.165, 1.54) is 6.08 Å². The molecule has 0 aliphatic rings. The van der Waals surface area contributed by atoms with E-state index in [0.717, 1.165) is 5.56 Å². The van der Waals surface area contributed by atoms with Crippen LogP contribution in [0.15, 0.2) is 46.5 Å². The summed E-state index contributed by atoms with van der Waals surface area (Å²) in [6, 6.07) is 8.70. The summed E-state index contributed by atoms with van der Waals surface area (Å²) in [5, 5.41) is 12.8. The SMILES string of the molecule is C/C(=C\C(=O)c1ccc(C)o1)Nc1ccc(C)cc1O. The maximum absolute atomic E-state index is 11.9. The Morgan fingerprint density at radius 2 is 2.00 bits per heavy atom. The Morgan fingerprint density at radius 1 is 1.25 bits per heavy atom. The Morgan fingerprint density at radius 3 is 2.60 bits per heavy atom. The highest BCUT2D eigenvalue weighted by Gasteiger charge is 2.08. The van der Waals surface area contributed by atoms with Crippen molar-refractivity contribution in [2.75, 3.05) is 5.32 Å². The lowest BCUT2D eigenvalue weighted by atomic mass is 10.2. The first-order chi connectivity index (χ1) is 9.45. The highest BCUT2D eigenvalue weighted by atomic mass is 16.3. The smallest absolute Gasteiger partial charge is 0.222 e. The van der Waals surface area contributed by atoms with Gasteiger partial charge in [-0.3, -0.25) is 4.79 Å². The zero-order valence-corrected chi connectivity index (χ0v) is 11.7. The van der Waals surface area contributed by atoms with E-state index in [1.807, 2.05) is 13.0 Å². The molecule has 0 bridgehead atoms. The monoisotopic (exact) mass is 271 g/mol. The van der Waals surface area contributed by atoms with Gasteiger partial charge in [0.05, 0.1) is 5.69 Å². The Labute approximate surface area is 117 Å². The molecule has 0 spiro atoms. The molecule has 0 aliphatic carbocycles. The van der Waals surface area contributed by atoms with E-state index < -0.39 is 0 Å². The molecule has 0 fully saturated rings. The molecule has 4 nitrogen and oxygen atoms in total. The molecule has 0 aliphatic heterocycles. The van der Waals surface area contributed by atoms with Gasteiger partial charge in [-0.1, -0.05) is 6.07 Å². The maximum atomic E-state index is 11.9. The Balaban J connectivity index is 2.13. The van der Waals surface area contributed by atoms with Crippen molar-refractivity contribution in [1.29, 1.82) is 0 Å². The first-order valence-electron chi connectivity index (χ1n) is 6.31. The minimum Gasteiger partial charge on any atom is -0.506 e. The van der Waals surface area contributed by atoms with Crippen molar-refractivity contribution in [3.63, 3.8) is 0 Å². The number of phenolic OH excluding ortho intramolecular Hbond substituents is 1. The molecule has 1 aromatic heterocycles. The standard InChI is InChI=1S/C16H17NO3/c1-10-4-6-13(14(18)8-10)17-11(2)9-15(19)16-7-5-12(3)20-16/h4-9,17-18H,1-3H3/b11-9+. The van der Waals surface area contributed by atoms with Crippen molar-refractivity contribution < 1.29 is 14.3 Å². The number of ketones is 1. The van der Waals surface area contributed by atoms with Crippen molar-refractivity contribution in [2.24, 2.45) is 0 Å². The molecule has 2 rings (SSSR count). The van der Waals surface area contributed by atoms with E-state index in [0.29, 0.717) is 22.9 Å². The average molecular weight is 271 g/mol. The van der Waals surface area contributed by atoms with E-state index in [1.54, 1.807) is 38.1 Å². The average Bonchev–Trinajstić information content (AvgIpc) is 2.79. The zero-order valence-electron chi connectivity index (χ0n) is 11.7. The molecule has 2 aromatic rings. The van der Waals surface area contributed by atoms with Crippen LogP contribution in [0.2, 0.25) is 0 Å².